The molecule has 3 fully saturated rings. The van der Waals surface area contributed by atoms with Gasteiger partial charge in [-0.3, -0.25) is 0 Å². The van der Waals surface area contributed by atoms with Crippen molar-refractivity contribution in [3.05, 3.63) is 0 Å². The molecule has 1 N–H and O–H groups in total. The second-order valence-corrected chi connectivity index (χ2v) is 6.92. The van der Waals surface area contributed by atoms with Gasteiger partial charge in [-0.1, -0.05) is 39.0 Å². The third-order valence-electron chi connectivity index (χ3n) is 6.14. The Labute approximate surface area is 99.6 Å². The summed E-state index contributed by atoms with van der Waals surface area (Å²) in [4.78, 5) is 0. The minimum absolute atomic E-state index is 0.261. The molecular weight excluding hydrogens is 196 g/mol. The van der Waals surface area contributed by atoms with E-state index in [0.29, 0.717) is 6.61 Å². The predicted molar refractivity (Wildman–Crippen MR) is 66.1 cm³/mol. The van der Waals surface area contributed by atoms with E-state index in [9.17, 15) is 5.11 Å². The fraction of sp³-hybridized carbons (Fsp3) is 1.00. The van der Waals surface area contributed by atoms with Gasteiger partial charge in [-0.15, -0.1) is 0 Å². The first-order valence-electron chi connectivity index (χ1n) is 7.35. The van der Waals surface area contributed by atoms with E-state index >= 15 is 0 Å². The topological polar surface area (TPSA) is 20.2 Å². The highest BCUT2D eigenvalue weighted by molar-refractivity contribution is 5.00. The van der Waals surface area contributed by atoms with Gasteiger partial charge < -0.3 is 5.11 Å². The standard InChI is InChI=1S/C15H26O/c1-15(10-16)9-8-12-5-2-4-11-6-3-7-13(15)14(11)12/h11-14,16H,2-10H2,1H3. The van der Waals surface area contributed by atoms with Crippen molar-refractivity contribution in [2.75, 3.05) is 6.61 Å². The van der Waals surface area contributed by atoms with Crippen molar-refractivity contribution >= 4 is 0 Å². The Balaban J connectivity index is 1.88. The summed E-state index contributed by atoms with van der Waals surface area (Å²) in [6.07, 6.45) is 11.4. The van der Waals surface area contributed by atoms with Gasteiger partial charge >= 0.3 is 0 Å². The van der Waals surface area contributed by atoms with Gasteiger partial charge in [-0.05, 0) is 48.3 Å². The van der Waals surface area contributed by atoms with Crippen LogP contribution in [-0.2, 0) is 0 Å². The lowest BCUT2D eigenvalue weighted by Crippen LogP contribution is -2.49. The molecule has 0 aromatic carbocycles. The van der Waals surface area contributed by atoms with Crippen LogP contribution in [-0.4, -0.2) is 11.7 Å². The average Bonchev–Trinajstić information content (AvgIpc) is 2.34. The molecule has 3 rings (SSSR count). The molecule has 16 heavy (non-hydrogen) atoms. The first-order chi connectivity index (χ1) is 7.74. The van der Waals surface area contributed by atoms with Crippen molar-refractivity contribution in [3.8, 4) is 0 Å². The molecule has 3 aliphatic carbocycles. The van der Waals surface area contributed by atoms with Gasteiger partial charge in [0.15, 0.2) is 0 Å². The van der Waals surface area contributed by atoms with Crippen LogP contribution in [0.1, 0.15) is 58.3 Å². The molecule has 0 spiro atoms. The fourth-order valence-corrected chi connectivity index (χ4v) is 5.24. The summed E-state index contributed by atoms with van der Waals surface area (Å²) in [5.74, 6) is 3.86. The van der Waals surface area contributed by atoms with Crippen molar-refractivity contribution in [2.45, 2.75) is 58.3 Å². The maximum atomic E-state index is 9.75. The SMILES string of the molecule is CC1(CO)CCC2CCCC3CCCC1C32. The van der Waals surface area contributed by atoms with Crippen LogP contribution in [0.15, 0.2) is 0 Å². The summed E-state index contributed by atoms with van der Waals surface area (Å²) in [6, 6.07) is 0. The highest BCUT2D eigenvalue weighted by Crippen LogP contribution is 2.58. The molecule has 1 nitrogen and oxygen atoms in total. The van der Waals surface area contributed by atoms with E-state index in [1.165, 1.54) is 51.4 Å². The van der Waals surface area contributed by atoms with Crippen LogP contribution in [0, 0.1) is 29.1 Å². The molecule has 92 valence electrons. The molecule has 3 saturated carbocycles. The second kappa shape index (κ2) is 4.01. The summed E-state index contributed by atoms with van der Waals surface area (Å²) < 4.78 is 0. The molecule has 1 heteroatoms. The van der Waals surface area contributed by atoms with Crippen LogP contribution in [0.5, 0.6) is 0 Å². The average molecular weight is 222 g/mol. The first-order valence-corrected chi connectivity index (χ1v) is 7.35. The largest absolute Gasteiger partial charge is 0.396 e. The number of hydrogen-bond donors (Lipinski definition) is 1. The number of aliphatic hydroxyl groups excluding tert-OH is 1. The number of rotatable bonds is 1. The Kier molecular flexibility index (Phi) is 2.78. The molecular formula is C15H26O. The lowest BCUT2D eigenvalue weighted by Gasteiger charge is -2.56. The molecule has 0 saturated heterocycles. The van der Waals surface area contributed by atoms with Crippen molar-refractivity contribution in [3.63, 3.8) is 0 Å². The Bertz CT molecular complexity index is 253. The molecule has 3 aliphatic rings. The minimum atomic E-state index is 0.261. The molecule has 0 bridgehead atoms. The Morgan fingerprint density at radius 2 is 1.62 bits per heavy atom. The summed E-state index contributed by atoms with van der Waals surface area (Å²) >= 11 is 0. The molecule has 5 unspecified atom stereocenters. The smallest absolute Gasteiger partial charge is 0.0487 e. The first kappa shape index (κ1) is 11.1. The third-order valence-corrected chi connectivity index (χ3v) is 6.14. The van der Waals surface area contributed by atoms with E-state index in [2.05, 4.69) is 6.92 Å². The second-order valence-electron chi connectivity index (χ2n) is 6.92. The van der Waals surface area contributed by atoms with Gasteiger partial charge in [0.05, 0.1) is 0 Å². The summed E-state index contributed by atoms with van der Waals surface area (Å²) in [7, 11) is 0. The number of hydrogen-bond acceptors (Lipinski definition) is 1. The zero-order valence-electron chi connectivity index (χ0n) is 10.6. The van der Waals surface area contributed by atoms with E-state index in [0.717, 1.165) is 23.7 Å². The van der Waals surface area contributed by atoms with E-state index in [1.807, 2.05) is 0 Å². The molecule has 0 heterocycles. The van der Waals surface area contributed by atoms with E-state index in [4.69, 9.17) is 0 Å². The van der Waals surface area contributed by atoms with E-state index in [1.54, 1.807) is 0 Å². The van der Waals surface area contributed by atoms with Crippen LogP contribution >= 0.6 is 0 Å². The molecule has 0 aromatic heterocycles. The maximum Gasteiger partial charge on any atom is 0.0487 e. The molecule has 0 aliphatic heterocycles. The Hall–Kier alpha value is -0.0400. The van der Waals surface area contributed by atoms with Crippen molar-refractivity contribution < 1.29 is 5.11 Å². The number of aliphatic hydroxyl groups is 1. The summed E-state index contributed by atoms with van der Waals surface area (Å²) in [5, 5.41) is 9.75. The summed E-state index contributed by atoms with van der Waals surface area (Å²) in [6.45, 7) is 2.78. The quantitative estimate of drug-likeness (QED) is 0.718. The molecule has 5 atom stereocenters. The van der Waals surface area contributed by atoms with E-state index in [-0.39, 0.29) is 5.41 Å². The minimum Gasteiger partial charge on any atom is -0.396 e. The lowest BCUT2D eigenvalue weighted by molar-refractivity contribution is -0.0876. The third kappa shape index (κ3) is 1.54. The summed E-state index contributed by atoms with van der Waals surface area (Å²) in [5.41, 5.74) is 0.261. The van der Waals surface area contributed by atoms with Crippen molar-refractivity contribution in [1.29, 1.82) is 0 Å². The van der Waals surface area contributed by atoms with Crippen molar-refractivity contribution in [2.24, 2.45) is 29.1 Å². The van der Waals surface area contributed by atoms with Gasteiger partial charge in [0.2, 0.25) is 0 Å². The van der Waals surface area contributed by atoms with Crippen LogP contribution in [0.3, 0.4) is 0 Å². The van der Waals surface area contributed by atoms with Crippen LogP contribution in [0.2, 0.25) is 0 Å². The van der Waals surface area contributed by atoms with Gasteiger partial charge in [0.1, 0.15) is 0 Å². The Morgan fingerprint density at radius 3 is 2.31 bits per heavy atom. The van der Waals surface area contributed by atoms with Crippen LogP contribution < -0.4 is 0 Å². The van der Waals surface area contributed by atoms with Gasteiger partial charge in [-0.2, -0.15) is 0 Å². The Morgan fingerprint density at radius 1 is 1.00 bits per heavy atom. The monoisotopic (exact) mass is 222 g/mol. The van der Waals surface area contributed by atoms with Crippen molar-refractivity contribution in [1.82, 2.24) is 0 Å². The van der Waals surface area contributed by atoms with Gasteiger partial charge in [-0.25, -0.2) is 0 Å². The molecule has 0 amide bonds. The lowest BCUT2D eigenvalue weighted by atomic mass is 9.49. The maximum absolute atomic E-state index is 9.75. The zero-order valence-corrected chi connectivity index (χ0v) is 10.6. The van der Waals surface area contributed by atoms with Gasteiger partial charge in [0, 0.05) is 6.61 Å². The predicted octanol–water partition coefficient (Wildman–Crippen LogP) is 3.61. The zero-order chi connectivity index (χ0) is 11.2. The molecule has 0 radical (unpaired) electrons. The highest BCUT2D eigenvalue weighted by atomic mass is 16.3. The van der Waals surface area contributed by atoms with Gasteiger partial charge in [0.25, 0.3) is 0 Å². The highest BCUT2D eigenvalue weighted by Gasteiger charge is 2.50. The van der Waals surface area contributed by atoms with E-state index < -0.39 is 0 Å². The normalized spacial score (nSPS) is 52.1. The van der Waals surface area contributed by atoms with Crippen LogP contribution in [0.4, 0.5) is 0 Å². The fourth-order valence-electron chi connectivity index (χ4n) is 5.24. The molecule has 0 aromatic rings. The van der Waals surface area contributed by atoms with Crippen LogP contribution in [0.25, 0.3) is 0 Å².